The van der Waals surface area contributed by atoms with E-state index < -0.39 is 11.7 Å². The molecule has 4 aliphatic rings. The fraction of sp³-hybridized carbons (Fsp3) is 0.567. The third kappa shape index (κ3) is 5.04. The van der Waals surface area contributed by atoms with Crippen molar-refractivity contribution in [3.8, 4) is 0 Å². The molecule has 6 rings (SSSR count). The highest BCUT2D eigenvalue weighted by Gasteiger charge is 2.55. The fourth-order valence-corrected chi connectivity index (χ4v) is 8.43. The molecule has 5 unspecified atom stereocenters. The molecule has 2 aromatic rings. The zero-order chi connectivity index (χ0) is 26.7. The summed E-state index contributed by atoms with van der Waals surface area (Å²) in [5.41, 5.74) is 0.848. The predicted octanol–water partition coefficient (Wildman–Crippen LogP) is 7.08. The van der Waals surface area contributed by atoms with Crippen LogP contribution in [0, 0.1) is 23.2 Å². The van der Waals surface area contributed by atoms with Gasteiger partial charge in [-0.3, -0.25) is 4.79 Å². The summed E-state index contributed by atoms with van der Waals surface area (Å²) in [6.45, 7) is 3.62. The zero-order valence-electron chi connectivity index (χ0n) is 21.7. The van der Waals surface area contributed by atoms with Gasteiger partial charge in [0.15, 0.2) is 0 Å². The Balaban J connectivity index is 1.25. The first kappa shape index (κ1) is 26.0. The normalized spacial score (nSPS) is 33.0. The number of nitrogens with one attached hydrogen (secondary N) is 1. The van der Waals surface area contributed by atoms with Crippen molar-refractivity contribution in [2.75, 3.05) is 18.1 Å². The maximum atomic E-state index is 13.8. The highest BCUT2D eigenvalue weighted by Crippen LogP contribution is 2.61. The van der Waals surface area contributed by atoms with E-state index in [0.29, 0.717) is 41.7 Å². The summed E-state index contributed by atoms with van der Waals surface area (Å²) >= 11 is 6.21. The minimum absolute atomic E-state index is 0.0268. The summed E-state index contributed by atoms with van der Waals surface area (Å²) in [6.07, 6.45) is 3.65. The largest absolute Gasteiger partial charge is 0.416 e. The lowest BCUT2D eigenvalue weighted by Gasteiger charge is -2.45. The number of alkyl halides is 3. The number of nitrogens with zero attached hydrogens (tertiary/aromatic N) is 2. The van der Waals surface area contributed by atoms with Crippen LogP contribution in [0.5, 0.6) is 0 Å². The van der Waals surface area contributed by atoms with Gasteiger partial charge in [-0.25, -0.2) is 5.01 Å². The number of amides is 1. The molecule has 4 nitrogen and oxygen atoms in total. The van der Waals surface area contributed by atoms with Gasteiger partial charge in [0, 0.05) is 30.2 Å². The Kier molecular flexibility index (Phi) is 6.46. The van der Waals surface area contributed by atoms with Gasteiger partial charge in [0.05, 0.1) is 17.2 Å². The van der Waals surface area contributed by atoms with E-state index in [0.717, 1.165) is 43.2 Å². The monoisotopic (exact) mass is 545 g/mol. The summed E-state index contributed by atoms with van der Waals surface area (Å²) in [4.78, 5) is 13.8. The van der Waals surface area contributed by atoms with Crippen molar-refractivity contribution in [3.63, 3.8) is 0 Å². The topological polar surface area (TPSA) is 35.6 Å². The second kappa shape index (κ2) is 9.44. The van der Waals surface area contributed by atoms with Crippen molar-refractivity contribution in [2.24, 2.45) is 23.2 Å². The summed E-state index contributed by atoms with van der Waals surface area (Å²) in [6, 6.07) is 12.8. The number of halogens is 4. The van der Waals surface area contributed by atoms with Gasteiger partial charge >= 0.3 is 6.18 Å². The van der Waals surface area contributed by atoms with Gasteiger partial charge in [0.1, 0.15) is 0 Å². The van der Waals surface area contributed by atoms with Crippen LogP contribution in [-0.2, 0) is 17.5 Å². The first-order chi connectivity index (χ1) is 18.0. The van der Waals surface area contributed by atoms with Crippen molar-refractivity contribution >= 4 is 23.2 Å². The summed E-state index contributed by atoms with van der Waals surface area (Å²) in [5.74, 6) is 1.17. The van der Waals surface area contributed by atoms with Gasteiger partial charge in [0.2, 0.25) is 5.91 Å². The van der Waals surface area contributed by atoms with Crippen molar-refractivity contribution < 1.29 is 18.0 Å². The van der Waals surface area contributed by atoms with E-state index in [9.17, 15) is 18.0 Å². The van der Waals surface area contributed by atoms with Crippen LogP contribution < -0.4 is 10.3 Å². The van der Waals surface area contributed by atoms with Gasteiger partial charge in [-0.15, -0.1) is 0 Å². The van der Waals surface area contributed by atoms with Gasteiger partial charge in [-0.2, -0.15) is 13.2 Å². The highest BCUT2D eigenvalue weighted by atomic mass is 35.5. The van der Waals surface area contributed by atoms with E-state index >= 15 is 0 Å². The van der Waals surface area contributed by atoms with E-state index in [1.807, 2.05) is 28.2 Å². The molecule has 204 valence electrons. The molecule has 0 spiro atoms. The molecule has 1 heterocycles. The average Bonchev–Trinajstić information content (AvgIpc) is 3.32. The van der Waals surface area contributed by atoms with Crippen molar-refractivity contribution in [1.82, 2.24) is 10.3 Å². The SMILES string of the molecule is CC12CC3CCCC(NC(=O)C4CN(Cc5cccc(Cl)c5)N(c5cccc(C(F)(F)F)c5)C4)(CC3C1)C2. The van der Waals surface area contributed by atoms with Crippen molar-refractivity contribution in [2.45, 2.75) is 70.1 Å². The molecule has 1 N–H and O–H groups in total. The van der Waals surface area contributed by atoms with Crippen LogP contribution >= 0.6 is 11.6 Å². The summed E-state index contributed by atoms with van der Waals surface area (Å²) in [5, 5.41) is 7.96. The van der Waals surface area contributed by atoms with E-state index in [-0.39, 0.29) is 17.4 Å². The minimum atomic E-state index is -4.43. The molecule has 1 saturated heterocycles. The lowest BCUT2D eigenvalue weighted by molar-refractivity contribution is -0.137. The molecule has 2 aromatic carbocycles. The van der Waals surface area contributed by atoms with Crippen LogP contribution in [0.1, 0.15) is 63.0 Å². The third-order valence-corrected chi connectivity index (χ3v) is 9.71. The van der Waals surface area contributed by atoms with Gasteiger partial charge < -0.3 is 10.3 Å². The Bertz CT molecular complexity index is 1220. The number of carbonyl (C=O) groups excluding carboxylic acids is 1. The Hall–Kier alpha value is -2.25. The van der Waals surface area contributed by atoms with Crippen LogP contribution in [0.15, 0.2) is 48.5 Å². The maximum Gasteiger partial charge on any atom is 0.416 e. The number of fused-ring (bicyclic) bond motifs is 2. The highest BCUT2D eigenvalue weighted by molar-refractivity contribution is 6.30. The Morgan fingerprint density at radius 3 is 2.66 bits per heavy atom. The Morgan fingerprint density at radius 2 is 1.87 bits per heavy atom. The molecular formula is C30H35ClF3N3O. The molecule has 1 amide bonds. The maximum absolute atomic E-state index is 13.8. The Labute approximate surface area is 227 Å². The molecule has 1 aliphatic heterocycles. The van der Waals surface area contributed by atoms with Gasteiger partial charge in [-0.1, -0.05) is 49.6 Å². The average molecular weight is 546 g/mol. The van der Waals surface area contributed by atoms with Crippen LogP contribution in [0.2, 0.25) is 5.02 Å². The molecule has 3 aliphatic carbocycles. The van der Waals surface area contributed by atoms with Crippen LogP contribution in [0.25, 0.3) is 0 Å². The second-order valence-electron chi connectivity index (χ2n) is 12.6. The third-order valence-electron chi connectivity index (χ3n) is 9.48. The van der Waals surface area contributed by atoms with Crippen LogP contribution in [-0.4, -0.2) is 29.5 Å². The van der Waals surface area contributed by atoms with Gasteiger partial charge in [0.25, 0.3) is 0 Å². The number of carbonyl (C=O) groups is 1. The van der Waals surface area contributed by atoms with Crippen molar-refractivity contribution in [3.05, 3.63) is 64.7 Å². The lowest BCUT2D eigenvalue weighted by atomic mass is 9.66. The van der Waals surface area contributed by atoms with Crippen LogP contribution in [0.4, 0.5) is 18.9 Å². The lowest BCUT2D eigenvalue weighted by Crippen LogP contribution is -2.55. The van der Waals surface area contributed by atoms with E-state index in [1.54, 1.807) is 12.1 Å². The summed E-state index contributed by atoms with van der Waals surface area (Å²) in [7, 11) is 0. The van der Waals surface area contributed by atoms with Gasteiger partial charge in [-0.05, 0) is 85.3 Å². The standard InChI is InChI=1S/C30H35ClF3N3O/c1-28-13-21-6-4-10-29(19-28,15-22(21)14-28)35-27(38)23-17-36(16-20-5-2-8-25(31)11-20)37(18-23)26-9-3-7-24(12-26)30(32,33)34/h2-3,5,7-9,11-12,21-23H,4,6,10,13-19H2,1H3,(H,35,38). The number of anilines is 1. The molecule has 0 radical (unpaired) electrons. The minimum Gasteiger partial charge on any atom is -0.350 e. The predicted molar refractivity (Wildman–Crippen MR) is 142 cm³/mol. The summed E-state index contributed by atoms with van der Waals surface area (Å²) < 4.78 is 40.5. The number of rotatable bonds is 5. The van der Waals surface area contributed by atoms with Crippen LogP contribution in [0.3, 0.4) is 0 Å². The molecule has 5 atom stereocenters. The molecule has 0 aromatic heterocycles. The molecule has 8 heteroatoms. The van der Waals surface area contributed by atoms with E-state index in [1.165, 1.54) is 31.4 Å². The number of hydrogen-bond acceptors (Lipinski definition) is 3. The van der Waals surface area contributed by atoms with Crippen molar-refractivity contribution in [1.29, 1.82) is 0 Å². The molecular weight excluding hydrogens is 511 g/mol. The smallest absolute Gasteiger partial charge is 0.350 e. The molecule has 38 heavy (non-hydrogen) atoms. The second-order valence-corrected chi connectivity index (χ2v) is 13.0. The fourth-order valence-electron chi connectivity index (χ4n) is 8.22. The van der Waals surface area contributed by atoms with E-state index in [2.05, 4.69) is 12.2 Å². The molecule has 3 bridgehead atoms. The molecule has 4 fully saturated rings. The molecule has 3 saturated carbocycles. The number of benzene rings is 2. The zero-order valence-corrected chi connectivity index (χ0v) is 22.5. The quantitative estimate of drug-likeness (QED) is 0.436. The Morgan fingerprint density at radius 1 is 1.08 bits per heavy atom. The number of hydrazine groups is 1. The number of hydrogen-bond donors (Lipinski definition) is 1. The first-order valence-electron chi connectivity index (χ1n) is 13.8. The first-order valence-corrected chi connectivity index (χ1v) is 14.1. The van der Waals surface area contributed by atoms with E-state index in [4.69, 9.17) is 11.6 Å².